The third-order valence-electron chi connectivity index (χ3n) is 2.99. The van der Waals surface area contributed by atoms with Crippen molar-refractivity contribution in [3.63, 3.8) is 0 Å². The molecule has 4 nitrogen and oxygen atoms in total. The molecular weight excluding hydrogens is 271 g/mol. The van der Waals surface area contributed by atoms with Crippen LogP contribution < -0.4 is 15.2 Å². The van der Waals surface area contributed by atoms with Crippen molar-refractivity contribution in [3.8, 4) is 23.3 Å². The van der Waals surface area contributed by atoms with Crippen LogP contribution in [-0.4, -0.2) is 7.11 Å². The first-order valence-corrected chi connectivity index (χ1v) is 6.36. The van der Waals surface area contributed by atoms with Crippen LogP contribution in [0.1, 0.15) is 24.1 Å². The van der Waals surface area contributed by atoms with Crippen molar-refractivity contribution in [2.75, 3.05) is 7.11 Å². The Kier molecular flexibility index (Phi) is 4.41. The lowest BCUT2D eigenvalue weighted by atomic mass is 10.1. The van der Waals surface area contributed by atoms with Crippen LogP contribution in [0.15, 0.2) is 36.4 Å². The highest BCUT2D eigenvalue weighted by atomic mass is 19.1. The molecule has 1 atom stereocenters. The molecule has 2 aromatic rings. The molecule has 0 saturated heterocycles. The zero-order chi connectivity index (χ0) is 15.4. The van der Waals surface area contributed by atoms with Crippen molar-refractivity contribution in [1.82, 2.24) is 0 Å². The van der Waals surface area contributed by atoms with Gasteiger partial charge in [0.15, 0.2) is 23.1 Å². The van der Waals surface area contributed by atoms with Gasteiger partial charge in [-0.15, -0.1) is 0 Å². The first-order chi connectivity index (χ1) is 10.1. The van der Waals surface area contributed by atoms with Gasteiger partial charge in [-0.25, -0.2) is 4.39 Å². The van der Waals surface area contributed by atoms with Gasteiger partial charge in [-0.3, -0.25) is 0 Å². The molecule has 108 valence electrons. The molecule has 2 rings (SSSR count). The van der Waals surface area contributed by atoms with Crippen molar-refractivity contribution in [1.29, 1.82) is 5.26 Å². The van der Waals surface area contributed by atoms with Gasteiger partial charge >= 0.3 is 0 Å². The Bertz CT molecular complexity index is 693. The highest BCUT2D eigenvalue weighted by molar-refractivity contribution is 5.50. The predicted molar refractivity (Wildman–Crippen MR) is 76.8 cm³/mol. The Morgan fingerprint density at radius 3 is 2.62 bits per heavy atom. The van der Waals surface area contributed by atoms with Crippen LogP contribution in [0.3, 0.4) is 0 Å². The van der Waals surface area contributed by atoms with Gasteiger partial charge in [0, 0.05) is 17.7 Å². The molecule has 0 aliphatic carbocycles. The van der Waals surface area contributed by atoms with Crippen molar-refractivity contribution >= 4 is 0 Å². The maximum Gasteiger partial charge on any atom is 0.169 e. The van der Waals surface area contributed by atoms with Crippen LogP contribution in [0.25, 0.3) is 0 Å². The zero-order valence-corrected chi connectivity index (χ0v) is 11.8. The maximum atomic E-state index is 14.0. The van der Waals surface area contributed by atoms with Gasteiger partial charge in [0.05, 0.1) is 18.7 Å². The van der Waals surface area contributed by atoms with Crippen molar-refractivity contribution in [2.45, 2.75) is 13.0 Å². The molecule has 0 saturated carbocycles. The van der Waals surface area contributed by atoms with E-state index in [1.807, 2.05) is 6.07 Å². The molecule has 0 amide bonds. The molecule has 0 aromatic heterocycles. The molecule has 0 bridgehead atoms. The van der Waals surface area contributed by atoms with Gasteiger partial charge in [0.2, 0.25) is 0 Å². The van der Waals surface area contributed by atoms with Gasteiger partial charge in [-0.05, 0) is 25.1 Å². The van der Waals surface area contributed by atoms with E-state index in [1.165, 1.54) is 19.2 Å². The zero-order valence-electron chi connectivity index (χ0n) is 11.8. The normalized spacial score (nSPS) is 11.6. The summed E-state index contributed by atoms with van der Waals surface area (Å²) in [6, 6.07) is 10.9. The number of nitrogens with zero attached hydrogens (tertiary/aromatic N) is 1. The van der Waals surface area contributed by atoms with Crippen LogP contribution in [0.5, 0.6) is 17.2 Å². The molecule has 0 radical (unpaired) electrons. The Hall–Kier alpha value is -2.58. The second-order valence-electron chi connectivity index (χ2n) is 4.53. The Morgan fingerprint density at radius 2 is 2.00 bits per heavy atom. The van der Waals surface area contributed by atoms with Crippen molar-refractivity contribution in [3.05, 3.63) is 53.3 Å². The second-order valence-corrected chi connectivity index (χ2v) is 4.53. The van der Waals surface area contributed by atoms with Crippen LogP contribution in [-0.2, 0) is 0 Å². The van der Waals surface area contributed by atoms with Gasteiger partial charge in [-0.1, -0.05) is 12.1 Å². The Balaban J connectivity index is 2.46. The monoisotopic (exact) mass is 286 g/mol. The Morgan fingerprint density at radius 1 is 1.24 bits per heavy atom. The molecule has 0 aliphatic rings. The Labute approximate surface area is 122 Å². The molecule has 0 spiro atoms. The van der Waals surface area contributed by atoms with E-state index in [-0.39, 0.29) is 11.8 Å². The number of hydrogen-bond acceptors (Lipinski definition) is 4. The SMILES string of the molecule is COc1cc(C#N)ccc1Oc1c(F)cccc1[C@@H](C)N. The second kappa shape index (κ2) is 6.25. The molecular formula is C16H15FN2O2. The molecule has 2 aromatic carbocycles. The van der Waals surface area contributed by atoms with Crippen LogP contribution in [0.2, 0.25) is 0 Å². The summed E-state index contributed by atoms with van der Waals surface area (Å²) >= 11 is 0. The van der Waals surface area contributed by atoms with Crippen LogP contribution in [0.4, 0.5) is 4.39 Å². The summed E-state index contributed by atoms with van der Waals surface area (Å²) in [5, 5.41) is 8.88. The fourth-order valence-corrected chi connectivity index (χ4v) is 1.92. The summed E-state index contributed by atoms with van der Waals surface area (Å²) in [6.45, 7) is 1.75. The number of ether oxygens (including phenoxy) is 2. The lowest BCUT2D eigenvalue weighted by Gasteiger charge is -2.16. The summed E-state index contributed by atoms with van der Waals surface area (Å²) in [7, 11) is 1.46. The van der Waals surface area contributed by atoms with Gasteiger partial charge in [0.1, 0.15) is 0 Å². The number of halogens is 1. The number of rotatable bonds is 4. The highest BCUT2D eigenvalue weighted by Gasteiger charge is 2.16. The number of benzene rings is 2. The average molecular weight is 286 g/mol. The fourth-order valence-electron chi connectivity index (χ4n) is 1.92. The number of nitriles is 1. The van der Waals surface area contributed by atoms with Gasteiger partial charge in [0.25, 0.3) is 0 Å². The lowest BCUT2D eigenvalue weighted by Crippen LogP contribution is -2.08. The molecule has 0 heterocycles. The largest absolute Gasteiger partial charge is 0.493 e. The average Bonchev–Trinajstić information content (AvgIpc) is 2.49. The van der Waals surface area contributed by atoms with E-state index in [2.05, 4.69) is 0 Å². The van der Waals surface area contributed by atoms with Crippen molar-refractivity contribution < 1.29 is 13.9 Å². The van der Waals surface area contributed by atoms with E-state index >= 15 is 0 Å². The lowest BCUT2D eigenvalue weighted by molar-refractivity contribution is 0.368. The topological polar surface area (TPSA) is 68.3 Å². The minimum absolute atomic E-state index is 0.0653. The predicted octanol–water partition coefficient (Wildman–Crippen LogP) is 3.52. The summed E-state index contributed by atoms with van der Waals surface area (Å²) in [5.41, 5.74) is 6.82. The number of hydrogen-bond donors (Lipinski definition) is 1. The molecule has 0 fully saturated rings. The molecule has 0 aliphatic heterocycles. The minimum Gasteiger partial charge on any atom is -0.493 e. The van der Waals surface area contributed by atoms with E-state index in [9.17, 15) is 4.39 Å². The summed E-state index contributed by atoms with van der Waals surface area (Å²) in [6.07, 6.45) is 0. The maximum absolute atomic E-state index is 14.0. The first kappa shape index (κ1) is 14.8. The molecule has 0 unspecified atom stereocenters. The first-order valence-electron chi connectivity index (χ1n) is 6.36. The smallest absolute Gasteiger partial charge is 0.169 e. The summed E-state index contributed by atoms with van der Waals surface area (Å²) < 4.78 is 24.8. The summed E-state index contributed by atoms with van der Waals surface area (Å²) in [4.78, 5) is 0. The number of para-hydroxylation sites is 1. The molecule has 2 N–H and O–H groups in total. The van der Waals surface area contributed by atoms with E-state index in [0.717, 1.165) is 0 Å². The van der Waals surface area contributed by atoms with E-state index in [1.54, 1.807) is 31.2 Å². The highest BCUT2D eigenvalue weighted by Crippen LogP contribution is 2.36. The molecule has 21 heavy (non-hydrogen) atoms. The summed E-state index contributed by atoms with van der Waals surface area (Å²) in [5.74, 6) is 0.239. The van der Waals surface area contributed by atoms with Crippen molar-refractivity contribution in [2.24, 2.45) is 5.73 Å². The van der Waals surface area contributed by atoms with Crippen LogP contribution >= 0.6 is 0 Å². The van der Waals surface area contributed by atoms with Gasteiger partial charge < -0.3 is 15.2 Å². The molecule has 5 heteroatoms. The minimum atomic E-state index is -0.504. The van der Waals surface area contributed by atoms with E-state index < -0.39 is 5.82 Å². The van der Waals surface area contributed by atoms with Crippen LogP contribution in [0, 0.1) is 17.1 Å². The third-order valence-corrected chi connectivity index (χ3v) is 2.99. The standard InChI is InChI=1S/C16H15FN2O2/c1-10(19)12-4-3-5-13(17)16(12)21-14-7-6-11(9-18)8-15(14)20-2/h3-8,10H,19H2,1-2H3/t10-/m1/s1. The van der Waals surface area contributed by atoms with E-state index in [0.29, 0.717) is 22.6 Å². The number of nitrogens with two attached hydrogens (primary N) is 1. The van der Waals surface area contributed by atoms with Gasteiger partial charge in [-0.2, -0.15) is 5.26 Å². The van der Waals surface area contributed by atoms with E-state index in [4.69, 9.17) is 20.5 Å². The quantitative estimate of drug-likeness (QED) is 0.933. The third kappa shape index (κ3) is 3.12. The number of methoxy groups -OCH3 is 1. The fraction of sp³-hybridized carbons (Fsp3) is 0.188.